The maximum absolute atomic E-state index is 11.7. The number of carbonyl (C=O) groups is 1. The normalized spacial score (nSPS) is 11.2. The quantitative estimate of drug-likeness (QED) is 0.541. The van der Waals surface area contributed by atoms with E-state index >= 15 is 0 Å². The summed E-state index contributed by atoms with van der Waals surface area (Å²) >= 11 is 0. The van der Waals surface area contributed by atoms with Crippen LogP contribution in [-0.2, 0) is 4.79 Å². The van der Waals surface area contributed by atoms with Gasteiger partial charge in [0.05, 0.1) is 19.8 Å². The van der Waals surface area contributed by atoms with E-state index in [0.29, 0.717) is 5.75 Å². The average molecular weight is 283 g/mol. The molecule has 0 saturated carbocycles. The number of hydrogen-bond acceptors (Lipinski definition) is 5. The van der Waals surface area contributed by atoms with Crippen molar-refractivity contribution in [3.63, 3.8) is 0 Å². The number of amides is 1. The van der Waals surface area contributed by atoms with Gasteiger partial charge in [-0.15, -0.1) is 0 Å². The molecule has 0 bridgehead atoms. The van der Waals surface area contributed by atoms with Crippen LogP contribution in [0.5, 0.6) is 5.75 Å². The number of rotatable bonds is 7. The Kier molecular flexibility index (Phi) is 5.94. The third-order valence-corrected chi connectivity index (χ3v) is 3.16. The molecule has 1 aromatic rings. The summed E-state index contributed by atoms with van der Waals surface area (Å²) in [5.41, 5.74) is 0.754. The summed E-state index contributed by atoms with van der Waals surface area (Å²) in [5, 5.41) is 29.7. The minimum Gasteiger partial charge on any atom is -0.484 e. The minimum absolute atomic E-state index is 0.260. The Bertz CT molecular complexity index is 449. The lowest BCUT2D eigenvalue weighted by atomic mass is 10.0. The van der Waals surface area contributed by atoms with Gasteiger partial charge in [0.15, 0.2) is 6.61 Å². The second kappa shape index (κ2) is 7.23. The molecule has 6 heteroatoms. The van der Waals surface area contributed by atoms with Gasteiger partial charge < -0.3 is 25.4 Å². The lowest BCUT2D eigenvalue weighted by Crippen LogP contribution is -2.58. The third-order valence-electron chi connectivity index (χ3n) is 3.16. The fourth-order valence-electron chi connectivity index (χ4n) is 1.55. The Morgan fingerprint density at radius 2 is 1.75 bits per heavy atom. The van der Waals surface area contributed by atoms with Crippen LogP contribution in [0.2, 0.25) is 0 Å². The highest BCUT2D eigenvalue weighted by Crippen LogP contribution is 2.16. The molecular formula is C14H21NO5. The molecule has 4 N–H and O–H groups in total. The number of benzene rings is 1. The van der Waals surface area contributed by atoms with E-state index in [1.165, 1.54) is 0 Å². The monoisotopic (exact) mass is 283 g/mol. The Balaban J connectivity index is 2.56. The Morgan fingerprint density at radius 1 is 1.15 bits per heavy atom. The number of aliphatic hydroxyl groups excluding tert-OH is 3. The van der Waals surface area contributed by atoms with Gasteiger partial charge in [0.25, 0.3) is 5.91 Å². The van der Waals surface area contributed by atoms with Gasteiger partial charge in [0.2, 0.25) is 0 Å². The number of aryl methyl sites for hydroxylation is 2. The van der Waals surface area contributed by atoms with Gasteiger partial charge in [-0.25, -0.2) is 0 Å². The highest BCUT2D eigenvalue weighted by molar-refractivity contribution is 5.78. The third kappa shape index (κ3) is 4.19. The first-order chi connectivity index (χ1) is 9.46. The van der Waals surface area contributed by atoms with Crippen LogP contribution in [-0.4, -0.2) is 53.2 Å². The van der Waals surface area contributed by atoms with Gasteiger partial charge in [0.1, 0.15) is 11.3 Å². The number of ether oxygens (including phenoxy) is 1. The van der Waals surface area contributed by atoms with E-state index < -0.39 is 31.3 Å². The smallest absolute Gasteiger partial charge is 0.258 e. The zero-order valence-electron chi connectivity index (χ0n) is 11.7. The molecule has 0 aliphatic rings. The lowest BCUT2D eigenvalue weighted by molar-refractivity contribution is -0.127. The molecule has 0 heterocycles. The molecule has 1 rings (SSSR count). The van der Waals surface area contributed by atoms with E-state index in [9.17, 15) is 4.79 Å². The van der Waals surface area contributed by atoms with Crippen LogP contribution in [0.25, 0.3) is 0 Å². The average Bonchev–Trinajstić information content (AvgIpc) is 2.46. The first-order valence-electron chi connectivity index (χ1n) is 6.30. The van der Waals surface area contributed by atoms with E-state index in [1.807, 2.05) is 26.0 Å². The number of aliphatic hydroxyl groups is 3. The van der Waals surface area contributed by atoms with Gasteiger partial charge in [-0.3, -0.25) is 4.79 Å². The van der Waals surface area contributed by atoms with Gasteiger partial charge in [-0.2, -0.15) is 0 Å². The fourth-order valence-corrected chi connectivity index (χ4v) is 1.55. The summed E-state index contributed by atoms with van der Waals surface area (Å²) in [5.74, 6) is 0.0335. The molecule has 0 aliphatic carbocycles. The zero-order valence-corrected chi connectivity index (χ0v) is 11.7. The maximum atomic E-state index is 11.7. The predicted octanol–water partition coefficient (Wildman–Crippen LogP) is -0.486. The van der Waals surface area contributed by atoms with E-state index in [0.717, 1.165) is 11.1 Å². The molecule has 6 nitrogen and oxygen atoms in total. The zero-order chi connectivity index (χ0) is 15.2. The molecule has 1 aromatic carbocycles. The van der Waals surface area contributed by atoms with Crippen molar-refractivity contribution in [3.8, 4) is 5.75 Å². The largest absolute Gasteiger partial charge is 0.484 e. The standard InChI is InChI=1S/C14H21NO5/c1-10-3-4-12(5-11(10)2)20-6-13(19)15-14(7-16,8-17)9-18/h3-5,16-18H,6-9H2,1-2H3,(H,15,19). The molecule has 0 spiro atoms. The van der Waals surface area contributed by atoms with E-state index in [2.05, 4.69) is 5.32 Å². The first-order valence-corrected chi connectivity index (χ1v) is 6.30. The second-order valence-corrected chi connectivity index (χ2v) is 4.84. The highest BCUT2D eigenvalue weighted by atomic mass is 16.5. The van der Waals surface area contributed by atoms with Crippen LogP contribution in [0.1, 0.15) is 11.1 Å². The second-order valence-electron chi connectivity index (χ2n) is 4.84. The summed E-state index contributed by atoms with van der Waals surface area (Å²) in [6, 6.07) is 5.47. The van der Waals surface area contributed by atoms with Crippen molar-refractivity contribution in [1.82, 2.24) is 5.32 Å². The van der Waals surface area contributed by atoms with Crippen LogP contribution in [0, 0.1) is 13.8 Å². The van der Waals surface area contributed by atoms with E-state index in [4.69, 9.17) is 20.1 Å². The fraction of sp³-hybridized carbons (Fsp3) is 0.500. The van der Waals surface area contributed by atoms with Crippen molar-refractivity contribution < 1.29 is 24.9 Å². The SMILES string of the molecule is Cc1ccc(OCC(=O)NC(CO)(CO)CO)cc1C. The highest BCUT2D eigenvalue weighted by Gasteiger charge is 2.29. The van der Waals surface area contributed by atoms with Crippen LogP contribution in [0.3, 0.4) is 0 Å². The molecule has 0 aromatic heterocycles. The predicted molar refractivity (Wildman–Crippen MR) is 73.5 cm³/mol. The summed E-state index contributed by atoms with van der Waals surface area (Å²) in [6.45, 7) is 1.98. The van der Waals surface area contributed by atoms with Gasteiger partial charge in [0, 0.05) is 0 Å². The number of carbonyl (C=O) groups excluding carboxylic acids is 1. The van der Waals surface area contributed by atoms with Crippen molar-refractivity contribution in [1.29, 1.82) is 0 Å². The molecule has 0 aliphatic heterocycles. The maximum Gasteiger partial charge on any atom is 0.258 e. The Labute approximate surface area is 118 Å². The van der Waals surface area contributed by atoms with Crippen LogP contribution >= 0.6 is 0 Å². The van der Waals surface area contributed by atoms with Crippen LogP contribution in [0.4, 0.5) is 0 Å². The van der Waals surface area contributed by atoms with E-state index in [-0.39, 0.29) is 6.61 Å². The van der Waals surface area contributed by atoms with E-state index in [1.54, 1.807) is 6.07 Å². The van der Waals surface area contributed by atoms with Crippen molar-refractivity contribution >= 4 is 5.91 Å². The first kappa shape index (κ1) is 16.4. The molecule has 0 radical (unpaired) electrons. The molecular weight excluding hydrogens is 262 g/mol. The molecule has 1 amide bonds. The van der Waals surface area contributed by atoms with Crippen molar-refractivity contribution in [3.05, 3.63) is 29.3 Å². The molecule has 112 valence electrons. The molecule has 20 heavy (non-hydrogen) atoms. The topological polar surface area (TPSA) is 99.0 Å². The molecule has 0 unspecified atom stereocenters. The molecule has 0 saturated heterocycles. The summed E-state index contributed by atoms with van der Waals surface area (Å²) < 4.78 is 5.33. The van der Waals surface area contributed by atoms with Crippen LogP contribution in [0.15, 0.2) is 18.2 Å². The van der Waals surface area contributed by atoms with Crippen molar-refractivity contribution in [2.45, 2.75) is 19.4 Å². The molecule has 0 atom stereocenters. The Morgan fingerprint density at radius 3 is 2.25 bits per heavy atom. The summed E-state index contributed by atoms with van der Waals surface area (Å²) in [4.78, 5) is 11.7. The lowest BCUT2D eigenvalue weighted by Gasteiger charge is -2.28. The summed E-state index contributed by atoms with van der Waals surface area (Å²) in [6.07, 6.45) is 0. The van der Waals surface area contributed by atoms with Gasteiger partial charge in [-0.05, 0) is 37.1 Å². The molecule has 0 fully saturated rings. The van der Waals surface area contributed by atoms with Gasteiger partial charge >= 0.3 is 0 Å². The summed E-state index contributed by atoms with van der Waals surface area (Å²) in [7, 11) is 0. The van der Waals surface area contributed by atoms with Gasteiger partial charge in [-0.1, -0.05) is 6.07 Å². The minimum atomic E-state index is -1.43. The van der Waals surface area contributed by atoms with Crippen LogP contribution < -0.4 is 10.1 Å². The van der Waals surface area contributed by atoms with Crippen molar-refractivity contribution in [2.75, 3.05) is 26.4 Å². The Hall–Kier alpha value is -1.63. The number of nitrogens with one attached hydrogen (secondary N) is 1. The number of hydrogen-bond donors (Lipinski definition) is 4. The van der Waals surface area contributed by atoms with Crippen molar-refractivity contribution in [2.24, 2.45) is 0 Å².